The molecule has 4 aromatic rings. The predicted molar refractivity (Wildman–Crippen MR) is 141 cm³/mol. The molecule has 0 saturated carbocycles. The van der Waals surface area contributed by atoms with Crippen LogP contribution in [0.5, 0.6) is 0 Å². The Balaban J connectivity index is 0.000000241. The second-order valence-electron chi connectivity index (χ2n) is 8.40. The fourth-order valence-corrected chi connectivity index (χ4v) is 3.30. The minimum atomic E-state index is -4.57. The summed E-state index contributed by atoms with van der Waals surface area (Å²) in [5, 5.41) is 21.6. The van der Waals surface area contributed by atoms with Crippen molar-refractivity contribution in [2.75, 3.05) is 30.3 Å². The van der Waals surface area contributed by atoms with E-state index in [2.05, 4.69) is 20.2 Å². The molecule has 0 aliphatic carbocycles. The van der Waals surface area contributed by atoms with Crippen molar-refractivity contribution in [3.63, 3.8) is 0 Å². The molecule has 4 rings (SSSR count). The molecule has 16 nitrogen and oxygen atoms in total. The summed E-state index contributed by atoms with van der Waals surface area (Å²) in [7, 11) is 0. The van der Waals surface area contributed by atoms with E-state index in [1.54, 1.807) is 16.7 Å². The number of anilines is 3. The van der Waals surface area contributed by atoms with Crippen LogP contribution < -0.4 is 27.8 Å². The number of hydrogen-bond donors (Lipinski definition) is 5. The molecule has 0 atom stereocenters. The monoisotopic (exact) mass is 630 g/mol. The van der Waals surface area contributed by atoms with Crippen molar-refractivity contribution in [1.29, 1.82) is 0 Å². The van der Waals surface area contributed by atoms with Gasteiger partial charge in [0, 0.05) is 41.5 Å². The average Bonchev–Trinajstić information content (AvgIpc) is 3.62. The van der Waals surface area contributed by atoms with Gasteiger partial charge in [0.15, 0.2) is 0 Å². The summed E-state index contributed by atoms with van der Waals surface area (Å²) in [6.07, 6.45) is -1.74. The fourth-order valence-electron chi connectivity index (χ4n) is 3.30. The van der Waals surface area contributed by atoms with E-state index in [1.165, 1.54) is 30.9 Å². The third-order valence-corrected chi connectivity index (χ3v) is 5.24. The lowest BCUT2D eigenvalue weighted by molar-refractivity contribution is -0.383. The Morgan fingerprint density at radius 2 is 1.23 bits per heavy atom. The molecule has 0 aliphatic heterocycles. The van der Waals surface area contributed by atoms with E-state index < -0.39 is 48.1 Å². The first kappa shape index (κ1) is 32.6. The molecule has 8 N–H and O–H groups in total. The highest BCUT2D eigenvalue weighted by Gasteiger charge is 2.29. The van der Waals surface area contributed by atoms with Gasteiger partial charge in [0.1, 0.15) is 18.9 Å². The highest BCUT2D eigenvalue weighted by molar-refractivity contribution is 5.84. The van der Waals surface area contributed by atoms with Crippen molar-refractivity contribution in [1.82, 2.24) is 40.2 Å². The predicted octanol–water partition coefficient (Wildman–Crippen LogP) is 2.79. The van der Waals surface area contributed by atoms with Crippen molar-refractivity contribution in [3.05, 3.63) is 59.4 Å². The van der Waals surface area contributed by atoms with Crippen LogP contribution in [0.1, 0.15) is 0 Å². The van der Waals surface area contributed by atoms with E-state index in [-0.39, 0.29) is 28.5 Å². The van der Waals surface area contributed by atoms with E-state index in [4.69, 9.17) is 17.2 Å². The third-order valence-electron chi connectivity index (χ3n) is 5.24. The fraction of sp³-hybridized carbons (Fsp3) is 0.182. The number of nitrogens with two attached hydrogens (primary N) is 3. The summed E-state index contributed by atoms with van der Waals surface area (Å²) in [5.41, 5.74) is 17.5. The van der Waals surface area contributed by atoms with Gasteiger partial charge in [-0.05, 0) is 12.1 Å². The Morgan fingerprint density at radius 3 is 1.68 bits per heavy atom. The zero-order valence-electron chi connectivity index (χ0n) is 21.8. The number of pyridine rings is 2. The topological polar surface area (TPSA) is 241 Å². The van der Waals surface area contributed by atoms with Crippen LogP contribution in [0.25, 0.3) is 22.3 Å². The van der Waals surface area contributed by atoms with E-state index in [0.29, 0.717) is 15.8 Å². The van der Waals surface area contributed by atoms with Gasteiger partial charge in [0.05, 0.1) is 28.6 Å². The Labute approximate surface area is 241 Å². The zero-order valence-corrected chi connectivity index (χ0v) is 21.8. The number of aromatic nitrogens is 6. The van der Waals surface area contributed by atoms with Gasteiger partial charge in [-0.25, -0.2) is 19.6 Å². The maximum absolute atomic E-state index is 12.0. The number of nitrogen functional groups attached to an aromatic ring is 3. The van der Waals surface area contributed by atoms with Crippen molar-refractivity contribution < 1.29 is 40.9 Å². The molecule has 0 spiro atoms. The molecule has 4 heterocycles. The van der Waals surface area contributed by atoms with Crippen LogP contribution >= 0.6 is 0 Å². The van der Waals surface area contributed by atoms with Crippen molar-refractivity contribution in [3.8, 4) is 22.3 Å². The molecule has 0 aliphatic rings. The highest BCUT2D eigenvalue weighted by atomic mass is 19.4. The van der Waals surface area contributed by atoms with Crippen molar-refractivity contribution >= 4 is 35.1 Å². The van der Waals surface area contributed by atoms with Gasteiger partial charge >= 0.3 is 30.1 Å². The summed E-state index contributed by atoms with van der Waals surface area (Å²) in [6.45, 7) is -2.96. The molecule has 44 heavy (non-hydrogen) atoms. The van der Waals surface area contributed by atoms with E-state index in [0.717, 1.165) is 17.1 Å². The summed E-state index contributed by atoms with van der Waals surface area (Å²) >= 11 is 0. The quantitative estimate of drug-likeness (QED) is 0.122. The zero-order chi connectivity index (χ0) is 32.8. The second kappa shape index (κ2) is 12.9. The van der Waals surface area contributed by atoms with Crippen LogP contribution in [0.2, 0.25) is 0 Å². The molecular weight excluding hydrogens is 610 g/mol. The van der Waals surface area contributed by atoms with Crippen molar-refractivity contribution in [2.24, 2.45) is 0 Å². The SMILES string of the molecule is Nc1nccc(-c2cnn(C(=O)NCC(F)(F)F)c2)c1N.Nc1nccc(-c2cnn(C(=O)NCC(F)(F)F)c2)c1[N+](=O)[O-]. The van der Waals surface area contributed by atoms with Gasteiger partial charge in [-0.1, -0.05) is 0 Å². The van der Waals surface area contributed by atoms with E-state index in [1.807, 2.05) is 0 Å². The number of amides is 2. The maximum Gasteiger partial charge on any atom is 0.405 e. The maximum atomic E-state index is 12.0. The molecule has 0 unspecified atom stereocenters. The summed E-state index contributed by atoms with van der Waals surface area (Å²) < 4.78 is 73.5. The number of nitrogens with one attached hydrogen (secondary N) is 2. The summed E-state index contributed by atoms with van der Waals surface area (Å²) in [4.78, 5) is 40.7. The molecule has 0 bridgehead atoms. The minimum Gasteiger partial charge on any atom is -0.395 e. The van der Waals surface area contributed by atoms with Gasteiger partial charge in [-0.2, -0.15) is 45.9 Å². The highest BCUT2D eigenvalue weighted by Crippen LogP contribution is 2.32. The van der Waals surface area contributed by atoms with Crippen LogP contribution in [0, 0.1) is 10.1 Å². The van der Waals surface area contributed by atoms with Crippen LogP contribution in [0.15, 0.2) is 49.3 Å². The largest absolute Gasteiger partial charge is 0.405 e. The van der Waals surface area contributed by atoms with Crippen molar-refractivity contribution in [2.45, 2.75) is 12.4 Å². The van der Waals surface area contributed by atoms with Gasteiger partial charge in [-0.15, -0.1) is 0 Å². The number of nitro groups is 1. The lowest BCUT2D eigenvalue weighted by atomic mass is 10.1. The van der Waals surface area contributed by atoms with Gasteiger partial charge in [-0.3, -0.25) is 10.1 Å². The van der Waals surface area contributed by atoms with Gasteiger partial charge in [0.25, 0.3) is 0 Å². The van der Waals surface area contributed by atoms with Gasteiger partial charge < -0.3 is 27.8 Å². The lowest BCUT2D eigenvalue weighted by Gasteiger charge is -2.07. The Kier molecular flexibility index (Phi) is 9.55. The Morgan fingerprint density at radius 1 is 0.795 bits per heavy atom. The van der Waals surface area contributed by atoms with Gasteiger partial charge in [0.2, 0.25) is 5.82 Å². The van der Waals surface area contributed by atoms with Crippen LogP contribution in [0.4, 0.5) is 58.9 Å². The normalized spacial score (nSPS) is 11.3. The number of nitrogens with zero attached hydrogens (tertiary/aromatic N) is 7. The van der Waals surface area contributed by atoms with E-state index in [9.17, 15) is 46.0 Å². The average molecular weight is 630 g/mol. The first-order valence-electron chi connectivity index (χ1n) is 11.7. The number of carbonyl (C=O) groups excluding carboxylic acids is 2. The molecule has 2 amide bonds. The first-order chi connectivity index (χ1) is 20.5. The molecule has 0 saturated heterocycles. The third kappa shape index (κ3) is 8.53. The second-order valence-corrected chi connectivity index (χ2v) is 8.40. The van der Waals surface area contributed by atoms with Crippen LogP contribution in [-0.2, 0) is 0 Å². The number of rotatable bonds is 5. The first-order valence-corrected chi connectivity index (χ1v) is 11.7. The molecule has 234 valence electrons. The molecule has 4 aromatic heterocycles. The molecule has 0 radical (unpaired) electrons. The minimum absolute atomic E-state index is 0.0392. The van der Waals surface area contributed by atoms with Crippen LogP contribution in [0.3, 0.4) is 0 Å². The number of carbonyl (C=O) groups is 2. The smallest absolute Gasteiger partial charge is 0.395 e. The number of hydrogen-bond acceptors (Lipinski definition) is 11. The number of alkyl halides is 6. The molecule has 0 aromatic carbocycles. The molecular formula is C22H20F6N12O4. The standard InChI is InChI=1S/C11H9F3N6O3.C11H11F3N6O/c12-11(13,14)5-17-10(21)19-4-6(3-18-19)7-1-2-16-9(15)8(7)20(22)23;12-11(13,14)5-18-10(21)20-4-6(3-19-20)7-1-2-17-9(16)8(7)15/h1-4H,5H2,(H2,15,16)(H,17,21);1-4H,5,15H2,(H2,16,17)(H,18,21). The Hall–Kier alpha value is -5.96. The lowest BCUT2D eigenvalue weighted by Crippen LogP contribution is -2.36. The van der Waals surface area contributed by atoms with Crippen LogP contribution in [-0.4, -0.2) is 72.0 Å². The van der Waals surface area contributed by atoms with E-state index >= 15 is 0 Å². The Bertz CT molecular complexity index is 1670. The summed E-state index contributed by atoms with van der Waals surface area (Å²) in [5.74, 6) is -0.219. The number of halogens is 6. The summed E-state index contributed by atoms with van der Waals surface area (Å²) in [6, 6.07) is 0.710. The molecule has 22 heteroatoms. The molecule has 0 fully saturated rings.